The zero-order valence-corrected chi connectivity index (χ0v) is 25.1. The lowest BCUT2D eigenvalue weighted by molar-refractivity contribution is -0.825. The Morgan fingerprint density at radius 2 is 1.70 bits per heavy atom. The number of rotatable bonds is 12. The van der Waals surface area contributed by atoms with Crippen LogP contribution in [0.3, 0.4) is 0 Å². The number of nitrogens with one attached hydrogen (secondary N) is 1. The molecule has 15 nitrogen and oxygen atoms in total. The lowest BCUT2D eigenvalue weighted by Crippen LogP contribution is -2.74. The van der Waals surface area contributed by atoms with E-state index in [1.54, 1.807) is 46.0 Å². The molecule has 2 aromatic heterocycles. The number of benzene rings is 2. The van der Waals surface area contributed by atoms with Crippen molar-refractivity contribution in [3.05, 3.63) is 70.6 Å². The minimum atomic E-state index is -0.655. The van der Waals surface area contributed by atoms with Crippen molar-refractivity contribution in [3.63, 3.8) is 0 Å². The number of hydrogen-bond donors (Lipinski definition) is 5. The Bertz CT molecular complexity index is 1820. The van der Waals surface area contributed by atoms with E-state index in [9.17, 15) is 19.6 Å². The highest BCUT2D eigenvalue weighted by Crippen LogP contribution is 2.31. The fourth-order valence-electron chi connectivity index (χ4n) is 4.88. The maximum absolute atomic E-state index is 13.4. The van der Waals surface area contributed by atoms with Crippen LogP contribution in [0, 0.1) is 6.92 Å². The number of nitrogens with zero attached hydrogens (tertiary/aromatic N) is 5. The second kappa shape index (κ2) is 13.3. The van der Waals surface area contributed by atoms with E-state index in [-0.39, 0.29) is 17.7 Å². The van der Waals surface area contributed by atoms with Gasteiger partial charge in [-0.05, 0) is 38.1 Å². The summed E-state index contributed by atoms with van der Waals surface area (Å²) in [7, 11) is 4.66. The lowest BCUT2D eigenvalue weighted by atomic mass is 10.1. The third-order valence-electron chi connectivity index (χ3n) is 6.98. The van der Waals surface area contributed by atoms with Gasteiger partial charge in [0.2, 0.25) is 17.4 Å². The number of primary amides is 2. The van der Waals surface area contributed by atoms with Crippen LogP contribution in [0.4, 0.5) is 11.4 Å². The molecule has 0 aliphatic rings. The molecule has 2 heterocycles. The number of ether oxygens (including phenoxy) is 2. The molecule has 44 heavy (non-hydrogen) atoms. The summed E-state index contributed by atoms with van der Waals surface area (Å²) in [5.74, 6) is -1.05. The number of amides is 3. The smallest absolute Gasteiger partial charge is 0.298 e. The Morgan fingerprint density at radius 3 is 2.32 bits per heavy atom. The van der Waals surface area contributed by atoms with Crippen molar-refractivity contribution in [3.8, 4) is 11.5 Å². The first-order valence-electron chi connectivity index (χ1n) is 13.6. The van der Waals surface area contributed by atoms with Crippen LogP contribution in [-0.2, 0) is 20.1 Å². The van der Waals surface area contributed by atoms with Gasteiger partial charge in [0.15, 0.2) is 5.69 Å². The molecule has 0 atom stereocenters. The number of methoxy groups -OCH3 is 2. The van der Waals surface area contributed by atoms with Gasteiger partial charge in [-0.2, -0.15) is 15.6 Å². The van der Waals surface area contributed by atoms with E-state index in [2.05, 4.69) is 15.4 Å². The minimum Gasteiger partial charge on any atom is -0.494 e. The molecule has 4 aromatic rings. The molecule has 0 saturated carbocycles. The molecule has 8 N–H and O–H groups in total. The van der Waals surface area contributed by atoms with Crippen molar-refractivity contribution < 1.29 is 34.5 Å². The highest BCUT2D eigenvalue weighted by atomic mass is 16.5. The summed E-state index contributed by atoms with van der Waals surface area (Å²) in [5.41, 5.74) is 15.6. The Kier molecular flexibility index (Phi) is 9.51. The predicted molar refractivity (Wildman–Crippen MR) is 161 cm³/mol. The highest BCUT2D eigenvalue weighted by Gasteiger charge is 2.20. The third-order valence-corrected chi connectivity index (χ3v) is 6.98. The van der Waals surface area contributed by atoms with E-state index in [1.807, 2.05) is 19.1 Å². The van der Waals surface area contributed by atoms with E-state index in [4.69, 9.17) is 20.9 Å². The summed E-state index contributed by atoms with van der Waals surface area (Å²) in [5, 5.41) is 17.3. The molecule has 0 fully saturated rings. The average Bonchev–Trinajstić information content (AvgIpc) is 3.52. The first-order valence-corrected chi connectivity index (χ1v) is 13.6. The number of aryl methyl sites for hydroxylation is 3. The number of allylic oxidation sites excluding steroid dienone is 1. The van der Waals surface area contributed by atoms with Crippen molar-refractivity contribution >= 4 is 40.1 Å². The topological polar surface area (TPSA) is 211 Å². The monoisotopic (exact) mass is 606 g/mol. The van der Waals surface area contributed by atoms with E-state index in [1.165, 1.54) is 26.4 Å². The second-order valence-electron chi connectivity index (χ2n) is 9.77. The van der Waals surface area contributed by atoms with Gasteiger partial charge >= 0.3 is 0 Å². The molecule has 0 radical (unpaired) electrons. The summed E-state index contributed by atoms with van der Waals surface area (Å²) in [6, 6.07) is 7.79. The van der Waals surface area contributed by atoms with Crippen LogP contribution in [0.25, 0.3) is 11.0 Å². The number of nitrogens with two attached hydrogens (primary N) is 3. The van der Waals surface area contributed by atoms with Crippen LogP contribution in [0.15, 0.2) is 47.5 Å². The predicted octanol–water partition coefficient (Wildman–Crippen LogP) is 0.713. The Balaban J connectivity index is 1.75. The lowest BCUT2D eigenvalue weighted by Gasteiger charge is -2.12. The van der Waals surface area contributed by atoms with Crippen molar-refractivity contribution in [1.82, 2.24) is 18.9 Å². The maximum atomic E-state index is 13.4. The summed E-state index contributed by atoms with van der Waals surface area (Å²) in [6.45, 7) is 4.76. The van der Waals surface area contributed by atoms with Crippen LogP contribution in [0.1, 0.15) is 43.8 Å². The number of anilines is 1. The molecule has 0 saturated heterocycles. The first-order chi connectivity index (χ1) is 21.0. The Labute approximate surface area is 252 Å². The standard InChI is InChI=1S/C29H35N9O6/c1-6-38-21(11-16(2)34-38)28(41)33-29-36(3)20-13-18(27(31)40)15-23(44-5)25(20)37(29)10-8-7-9-32-24-19(35-42)12-17(26(30)39)14-22(24)43-4/h7-8,11-15,32,35,42H,6,9-10H2,1-5H3,(H2,30,39)(H2,31,40)/p+1/b8-7+,33-29?. The van der Waals surface area contributed by atoms with Gasteiger partial charge in [-0.1, -0.05) is 12.2 Å². The van der Waals surface area contributed by atoms with Crippen molar-refractivity contribution in [2.75, 3.05) is 26.1 Å². The van der Waals surface area contributed by atoms with E-state index in [0.29, 0.717) is 64.0 Å². The maximum Gasteiger partial charge on any atom is 0.298 e. The zero-order chi connectivity index (χ0) is 32.1. The summed E-state index contributed by atoms with van der Waals surface area (Å²) in [4.78, 5) is 41.6. The van der Waals surface area contributed by atoms with Crippen molar-refractivity contribution in [2.24, 2.45) is 23.5 Å². The fourth-order valence-corrected chi connectivity index (χ4v) is 4.88. The normalized spacial score (nSPS) is 11.8. The average molecular weight is 607 g/mol. The molecular weight excluding hydrogens is 570 g/mol. The Hall–Kier alpha value is -5.41. The van der Waals surface area contributed by atoms with E-state index >= 15 is 0 Å². The quantitative estimate of drug-likeness (QED) is 0.0878. The molecule has 4 rings (SSSR count). The van der Waals surface area contributed by atoms with Gasteiger partial charge < -0.3 is 35.4 Å². The number of hydrogen-bond acceptors (Lipinski definition) is 8. The molecular formula is C29H36N9O6+. The van der Waals surface area contributed by atoms with E-state index in [0.717, 1.165) is 5.48 Å². The molecule has 0 aliphatic carbocycles. The van der Waals surface area contributed by atoms with Crippen LogP contribution < -0.4 is 37.4 Å². The molecule has 15 heteroatoms. The van der Waals surface area contributed by atoms with Crippen molar-refractivity contribution in [2.45, 2.75) is 26.9 Å². The van der Waals surface area contributed by atoms with Gasteiger partial charge in [-0.25, -0.2) is 5.21 Å². The highest BCUT2D eigenvalue weighted by molar-refractivity contribution is 5.99. The van der Waals surface area contributed by atoms with Gasteiger partial charge in [0.1, 0.15) is 28.4 Å². The fraction of sp³-hybridized carbons (Fsp3) is 0.276. The summed E-state index contributed by atoms with van der Waals surface area (Å²) < 4.78 is 16.1. The van der Waals surface area contributed by atoms with Crippen LogP contribution >= 0.6 is 0 Å². The molecule has 0 bridgehead atoms. The third kappa shape index (κ3) is 6.18. The van der Waals surface area contributed by atoms with E-state index < -0.39 is 17.7 Å². The number of carbonyl (C=O) groups excluding carboxylic acids is 3. The molecule has 0 unspecified atom stereocenters. The molecule has 0 spiro atoms. The molecule has 2 aromatic carbocycles. The van der Waals surface area contributed by atoms with Crippen LogP contribution in [0.2, 0.25) is 0 Å². The molecule has 232 valence electrons. The van der Waals surface area contributed by atoms with Gasteiger partial charge in [0.05, 0.1) is 25.4 Å². The van der Waals surface area contributed by atoms with Crippen molar-refractivity contribution in [1.29, 1.82) is 0 Å². The number of quaternary nitrogens is 1. The number of fused-ring (bicyclic) bond motifs is 1. The first kappa shape index (κ1) is 31.5. The van der Waals surface area contributed by atoms with Gasteiger partial charge in [0, 0.05) is 43.9 Å². The van der Waals surface area contributed by atoms with Crippen LogP contribution in [0.5, 0.6) is 11.5 Å². The summed E-state index contributed by atoms with van der Waals surface area (Å²) in [6.07, 6.45) is 3.68. The number of carbonyl (C=O) groups is 3. The Morgan fingerprint density at radius 1 is 1.05 bits per heavy atom. The van der Waals surface area contributed by atoms with Gasteiger partial charge in [-0.3, -0.25) is 19.1 Å². The SMILES string of the molecule is CCn1nc(C)cc1C(=O)N=c1n(C)c2cc(C(N)=O)cc(OC)c2n1C/C=C/CNc1c([NH2+]O)cc(C(N)=O)cc1OC. The largest absolute Gasteiger partial charge is 0.494 e. The molecule has 0 aliphatic heterocycles. The zero-order valence-electron chi connectivity index (χ0n) is 25.1. The number of imidazole rings is 1. The summed E-state index contributed by atoms with van der Waals surface area (Å²) >= 11 is 0. The van der Waals surface area contributed by atoms with Gasteiger partial charge in [-0.15, -0.1) is 0 Å². The van der Waals surface area contributed by atoms with Gasteiger partial charge in [0.25, 0.3) is 5.91 Å². The second-order valence-corrected chi connectivity index (χ2v) is 9.77. The van der Waals surface area contributed by atoms with Crippen LogP contribution in [-0.4, -0.2) is 62.6 Å². The molecule has 3 amide bonds. The minimum absolute atomic E-state index is 0.187. The number of aromatic nitrogens is 4.